The van der Waals surface area contributed by atoms with Gasteiger partial charge >= 0.3 is 0 Å². The molecule has 1 aliphatic heterocycles. The standard InChI is InChI=1S/C14H21NO2/c1-11-10-15-8-6-13(11)17-14-5-3-2-4-12(14)7-9-16/h2-5,11,13,15-16H,6-10H2,1H3. The lowest BCUT2D eigenvalue weighted by Gasteiger charge is -2.30. The van der Waals surface area contributed by atoms with Crippen LogP contribution in [-0.4, -0.2) is 30.9 Å². The Morgan fingerprint density at radius 2 is 2.24 bits per heavy atom. The van der Waals surface area contributed by atoms with Crippen LogP contribution in [-0.2, 0) is 6.42 Å². The average molecular weight is 235 g/mol. The van der Waals surface area contributed by atoms with Crippen molar-refractivity contribution in [3.63, 3.8) is 0 Å². The van der Waals surface area contributed by atoms with E-state index in [2.05, 4.69) is 12.2 Å². The van der Waals surface area contributed by atoms with Crippen molar-refractivity contribution in [1.29, 1.82) is 0 Å². The predicted octanol–water partition coefficient (Wildman–Crippen LogP) is 1.60. The van der Waals surface area contributed by atoms with Gasteiger partial charge in [-0.05, 0) is 31.0 Å². The number of benzene rings is 1. The molecule has 0 aromatic heterocycles. The van der Waals surface area contributed by atoms with Gasteiger partial charge in [0.1, 0.15) is 11.9 Å². The fourth-order valence-corrected chi connectivity index (χ4v) is 2.27. The number of rotatable bonds is 4. The van der Waals surface area contributed by atoms with Gasteiger partial charge in [0.05, 0.1) is 0 Å². The third kappa shape index (κ3) is 3.20. The number of hydrogen-bond acceptors (Lipinski definition) is 3. The van der Waals surface area contributed by atoms with Crippen molar-refractivity contribution in [3.05, 3.63) is 29.8 Å². The highest BCUT2D eigenvalue weighted by Crippen LogP contribution is 2.24. The van der Waals surface area contributed by atoms with Crippen molar-refractivity contribution in [3.8, 4) is 5.75 Å². The quantitative estimate of drug-likeness (QED) is 0.833. The molecule has 0 amide bonds. The van der Waals surface area contributed by atoms with Crippen LogP contribution in [0.3, 0.4) is 0 Å². The number of nitrogens with one attached hydrogen (secondary N) is 1. The molecule has 0 spiro atoms. The zero-order chi connectivity index (χ0) is 12.1. The molecule has 1 saturated heterocycles. The largest absolute Gasteiger partial charge is 0.490 e. The van der Waals surface area contributed by atoms with Gasteiger partial charge in [-0.25, -0.2) is 0 Å². The number of aliphatic hydroxyl groups is 1. The third-order valence-electron chi connectivity index (χ3n) is 3.34. The van der Waals surface area contributed by atoms with E-state index < -0.39 is 0 Å². The topological polar surface area (TPSA) is 41.5 Å². The molecule has 94 valence electrons. The highest BCUT2D eigenvalue weighted by Gasteiger charge is 2.23. The van der Waals surface area contributed by atoms with Gasteiger partial charge in [0, 0.05) is 19.1 Å². The molecule has 1 aliphatic rings. The molecule has 1 heterocycles. The zero-order valence-corrected chi connectivity index (χ0v) is 10.4. The summed E-state index contributed by atoms with van der Waals surface area (Å²) in [7, 11) is 0. The molecule has 2 rings (SSSR count). The van der Waals surface area contributed by atoms with Gasteiger partial charge in [-0.15, -0.1) is 0 Å². The van der Waals surface area contributed by atoms with E-state index in [4.69, 9.17) is 9.84 Å². The van der Waals surface area contributed by atoms with E-state index in [9.17, 15) is 0 Å². The Morgan fingerprint density at radius 3 is 3.00 bits per heavy atom. The van der Waals surface area contributed by atoms with E-state index in [1.165, 1.54) is 0 Å². The second kappa shape index (κ2) is 6.03. The van der Waals surface area contributed by atoms with Crippen LogP contribution in [0, 0.1) is 5.92 Å². The zero-order valence-electron chi connectivity index (χ0n) is 10.4. The highest BCUT2D eigenvalue weighted by molar-refractivity contribution is 5.33. The van der Waals surface area contributed by atoms with Crippen molar-refractivity contribution in [2.45, 2.75) is 25.9 Å². The van der Waals surface area contributed by atoms with Crippen LogP contribution in [0.5, 0.6) is 5.75 Å². The molecule has 1 aromatic carbocycles. The number of para-hydroxylation sites is 1. The Bertz CT molecular complexity index is 354. The summed E-state index contributed by atoms with van der Waals surface area (Å²) in [5, 5.41) is 12.4. The lowest BCUT2D eigenvalue weighted by molar-refractivity contribution is 0.110. The van der Waals surface area contributed by atoms with E-state index in [0.717, 1.165) is 30.8 Å². The van der Waals surface area contributed by atoms with Gasteiger partial charge in [0.15, 0.2) is 0 Å². The first-order valence-electron chi connectivity index (χ1n) is 6.37. The van der Waals surface area contributed by atoms with Crippen molar-refractivity contribution < 1.29 is 9.84 Å². The summed E-state index contributed by atoms with van der Waals surface area (Å²) in [5.74, 6) is 1.46. The molecular formula is C14H21NO2. The number of hydrogen-bond donors (Lipinski definition) is 2. The van der Waals surface area contributed by atoms with Crippen molar-refractivity contribution in [2.75, 3.05) is 19.7 Å². The van der Waals surface area contributed by atoms with Crippen LogP contribution in [0.1, 0.15) is 18.9 Å². The first kappa shape index (κ1) is 12.4. The summed E-state index contributed by atoms with van der Waals surface area (Å²) in [4.78, 5) is 0. The first-order valence-corrected chi connectivity index (χ1v) is 6.37. The van der Waals surface area contributed by atoms with Crippen LogP contribution in [0.15, 0.2) is 24.3 Å². The van der Waals surface area contributed by atoms with Gasteiger partial charge in [-0.3, -0.25) is 0 Å². The minimum absolute atomic E-state index is 0.169. The van der Waals surface area contributed by atoms with Gasteiger partial charge < -0.3 is 15.2 Å². The number of piperidine rings is 1. The molecule has 1 aromatic rings. The maximum Gasteiger partial charge on any atom is 0.123 e. The van der Waals surface area contributed by atoms with Crippen LogP contribution in [0.2, 0.25) is 0 Å². The Labute approximate surface area is 103 Å². The second-order valence-electron chi connectivity index (χ2n) is 4.71. The molecule has 2 atom stereocenters. The normalized spacial score (nSPS) is 24.6. The van der Waals surface area contributed by atoms with Crippen LogP contribution < -0.4 is 10.1 Å². The molecule has 0 radical (unpaired) electrons. The Hall–Kier alpha value is -1.06. The molecule has 0 saturated carbocycles. The summed E-state index contributed by atoms with van der Waals surface area (Å²) in [6.45, 7) is 4.43. The van der Waals surface area contributed by atoms with Crippen molar-refractivity contribution in [2.24, 2.45) is 5.92 Å². The first-order chi connectivity index (χ1) is 8.31. The lowest BCUT2D eigenvalue weighted by atomic mass is 9.98. The summed E-state index contributed by atoms with van der Waals surface area (Å²) < 4.78 is 6.10. The van der Waals surface area contributed by atoms with Gasteiger partial charge in [0.2, 0.25) is 0 Å². The summed E-state index contributed by atoms with van der Waals surface area (Å²) >= 11 is 0. The molecule has 3 nitrogen and oxygen atoms in total. The van der Waals surface area contributed by atoms with Gasteiger partial charge in [0.25, 0.3) is 0 Å². The molecule has 3 heteroatoms. The molecular weight excluding hydrogens is 214 g/mol. The Kier molecular flexibility index (Phi) is 4.40. The maximum absolute atomic E-state index is 9.04. The van der Waals surface area contributed by atoms with Crippen LogP contribution in [0.25, 0.3) is 0 Å². The van der Waals surface area contributed by atoms with E-state index in [0.29, 0.717) is 12.3 Å². The molecule has 0 aliphatic carbocycles. The Balaban J connectivity index is 2.06. The summed E-state index contributed by atoms with van der Waals surface area (Å²) in [6.07, 6.45) is 2.00. The van der Waals surface area contributed by atoms with Crippen molar-refractivity contribution in [1.82, 2.24) is 5.32 Å². The van der Waals surface area contributed by atoms with Gasteiger partial charge in [-0.1, -0.05) is 25.1 Å². The molecule has 2 N–H and O–H groups in total. The number of ether oxygens (including phenoxy) is 1. The predicted molar refractivity (Wildman–Crippen MR) is 68.3 cm³/mol. The molecule has 17 heavy (non-hydrogen) atoms. The molecule has 0 bridgehead atoms. The minimum atomic E-state index is 0.169. The summed E-state index contributed by atoms with van der Waals surface area (Å²) in [6, 6.07) is 8.00. The maximum atomic E-state index is 9.04. The van der Waals surface area contributed by atoms with Crippen LogP contribution in [0.4, 0.5) is 0 Å². The third-order valence-corrected chi connectivity index (χ3v) is 3.34. The molecule has 1 fully saturated rings. The monoisotopic (exact) mass is 235 g/mol. The van der Waals surface area contributed by atoms with E-state index >= 15 is 0 Å². The highest BCUT2D eigenvalue weighted by atomic mass is 16.5. The Morgan fingerprint density at radius 1 is 1.41 bits per heavy atom. The fraction of sp³-hybridized carbons (Fsp3) is 0.571. The number of aliphatic hydroxyl groups excluding tert-OH is 1. The van der Waals surface area contributed by atoms with Crippen LogP contribution >= 0.6 is 0 Å². The smallest absolute Gasteiger partial charge is 0.123 e. The average Bonchev–Trinajstić information content (AvgIpc) is 2.35. The van der Waals surface area contributed by atoms with Crippen molar-refractivity contribution >= 4 is 0 Å². The van der Waals surface area contributed by atoms with E-state index in [1.807, 2.05) is 24.3 Å². The minimum Gasteiger partial charge on any atom is -0.490 e. The van der Waals surface area contributed by atoms with E-state index in [-0.39, 0.29) is 12.7 Å². The summed E-state index contributed by atoms with van der Waals surface area (Å²) in [5.41, 5.74) is 1.10. The van der Waals surface area contributed by atoms with Gasteiger partial charge in [-0.2, -0.15) is 0 Å². The molecule has 2 unspecified atom stereocenters. The van der Waals surface area contributed by atoms with E-state index in [1.54, 1.807) is 0 Å². The fourth-order valence-electron chi connectivity index (χ4n) is 2.27. The lowest BCUT2D eigenvalue weighted by Crippen LogP contribution is -2.41. The SMILES string of the molecule is CC1CNCCC1Oc1ccccc1CCO. The second-order valence-corrected chi connectivity index (χ2v) is 4.71.